The average molecular weight is 381 g/mol. The molecule has 1 aliphatic heterocycles. The molecule has 2 heterocycles. The van der Waals surface area contributed by atoms with Gasteiger partial charge in [0.1, 0.15) is 11.6 Å². The lowest BCUT2D eigenvalue weighted by Crippen LogP contribution is -2.35. The second-order valence-corrected chi connectivity index (χ2v) is 6.69. The van der Waals surface area contributed by atoms with Crippen molar-refractivity contribution in [3.63, 3.8) is 0 Å². The molecule has 1 N–H and O–H groups in total. The molecular formula is C19H26ClFN4O. The molecule has 3 rings (SSSR count). The van der Waals surface area contributed by atoms with Gasteiger partial charge in [-0.2, -0.15) is 0 Å². The molecular weight excluding hydrogens is 355 g/mol. The Morgan fingerprint density at radius 1 is 1.35 bits per heavy atom. The molecule has 1 saturated heterocycles. The van der Waals surface area contributed by atoms with Crippen LogP contribution in [0.1, 0.15) is 18.5 Å². The van der Waals surface area contributed by atoms with Crippen LogP contribution in [0.3, 0.4) is 0 Å². The molecule has 7 heteroatoms. The third kappa shape index (κ3) is 4.83. The summed E-state index contributed by atoms with van der Waals surface area (Å²) in [6, 6.07) is 4.81. The summed E-state index contributed by atoms with van der Waals surface area (Å²) >= 11 is 0. The molecule has 142 valence electrons. The number of hydrogen-bond donors (Lipinski definition) is 1. The van der Waals surface area contributed by atoms with Crippen LogP contribution in [0.2, 0.25) is 0 Å². The summed E-state index contributed by atoms with van der Waals surface area (Å²) in [5.41, 5.74) is 1.93. The largest absolute Gasteiger partial charge is 0.497 e. The van der Waals surface area contributed by atoms with Crippen molar-refractivity contribution < 1.29 is 9.13 Å². The highest BCUT2D eigenvalue weighted by molar-refractivity contribution is 5.85. The molecule has 1 atom stereocenters. The van der Waals surface area contributed by atoms with E-state index in [1.165, 1.54) is 32.6 Å². The first kappa shape index (κ1) is 20.4. The Morgan fingerprint density at radius 3 is 2.81 bits per heavy atom. The van der Waals surface area contributed by atoms with E-state index in [1.54, 1.807) is 18.3 Å². The van der Waals surface area contributed by atoms with E-state index in [4.69, 9.17) is 4.74 Å². The van der Waals surface area contributed by atoms with Crippen LogP contribution in [0.5, 0.6) is 5.75 Å². The molecule has 26 heavy (non-hydrogen) atoms. The van der Waals surface area contributed by atoms with Gasteiger partial charge in [0, 0.05) is 36.5 Å². The summed E-state index contributed by atoms with van der Waals surface area (Å²) in [6.07, 6.45) is 4.15. The van der Waals surface area contributed by atoms with Crippen molar-refractivity contribution in [2.75, 3.05) is 39.1 Å². The normalized spacial score (nSPS) is 17.5. The molecule has 1 aromatic heterocycles. The lowest BCUT2D eigenvalue weighted by molar-refractivity contribution is 0.217. The van der Waals surface area contributed by atoms with Crippen molar-refractivity contribution in [3.05, 3.63) is 35.9 Å². The van der Waals surface area contributed by atoms with Crippen LogP contribution < -0.4 is 10.1 Å². The highest BCUT2D eigenvalue weighted by Gasteiger charge is 2.17. The monoisotopic (exact) mass is 380 g/mol. The van der Waals surface area contributed by atoms with Gasteiger partial charge in [0.25, 0.3) is 0 Å². The number of aryl methyl sites for hydroxylation is 1. The Bertz CT molecular complexity index is 743. The van der Waals surface area contributed by atoms with Crippen molar-refractivity contribution in [2.45, 2.75) is 19.8 Å². The number of piperidine rings is 1. The van der Waals surface area contributed by atoms with Crippen LogP contribution in [0.15, 0.2) is 24.4 Å². The van der Waals surface area contributed by atoms with E-state index in [1.807, 2.05) is 6.92 Å². The standard InChI is InChI=1S/C19H25FN4O.ClH/c1-13-17(16-7-6-15(25-3)9-18(16)20)11-22-19(23-13)21-10-14-5-4-8-24(2)12-14;/h6-7,9,11,14H,4-5,8,10,12H2,1-3H3,(H,21,22,23);1H. The second kappa shape index (κ2) is 9.14. The minimum Gasteiger partial charge on any atom is -0.497 e. The maximum Gasteiger partial charge on any atom is 0.222 e. The minimum atomic E-state index is -0.336. The van der Waals surface area contributed by atoms with Gasteiger partial charge in [-0.25, -0.2) is 14.4 Å². The third-order valence-corrected chi connectivity index (χ3v) is 4.72. The maximum atomic E-state index is 14.3. The second-order valence-electron chi connectivity index (χ2n) is 6.69. The number of nitrogens with one attached hydrogen (secondary N) is 1. The highest BCUT2D eigenvalue weighted by atomic mass is 35.5. The molecule has 0 radical (unpaired) electrons. The quantitative estimate of drug-likeness (QED) is 0.855. The van der Waals surface area contributed by atoms with Crippen LogP contribution in [0, 0.1) is 18.7 Å². The molecule has 1 aromatic carbocycles. The predicted octanol–water partition coefficient (Wildman–Crippen LogP) is 3.78. The summed E-state index contributed by atoms with van der Waals surface area (Å²) in [4.78, 5) is 11.2. The van der Waals surface area contributed by atoms with Gasteiger partial charge in [-0.15, -0.1) is 12.4 Å². The Balaban J connectivity index is 0.00000243. The van der Waals surface area contributed by atoms with Gasteiger partial charge >= 0.3 is 0 Å². The van der Waals surface area contributed by atoms with Crippen molar-refractivity contribution in [3.8, 4) is 16.9 Å². The fraction of sp³-hybridized carbons (Fsp3) is 0.474. The lowest BCUT2D eigenvalue weighted by Gasteiger charge is -2.29. The number of methoxy groups -OCH3 is 1. The molecule has 1 fully saturated rings. The van der Waals surface area contributed by atoms with Crippen LogP contribution in [-0.4, -0.2) is 48.7 Å². The van der Waals surface area contributed by atoms with Gasteiger partial charge in [-0.1, -0.05) is 0 Å². The van der Waals surface area contributed by atoms with Gasteiger partial charge in [-0.05, 0) is 51.4 Å². The van der Waals surface area contributed by atoms with Crippen molar-refractivity contribution in [1.29, 1.82) is 0 Å². The van der Waals surface area contributed by atoms with Gasteiger partial charge < -0.3 is 15.0 Å². The third-order valence-electron chi connectivity index (χ3n) is 4.72. The Hall–Kier alpha value is -1.92. The number of nitrogens with zero attached hydrogens (tertiary/aromatic N) is 3. The summed E-state index contributed by atoms with van der Waals surface area (Å²) in [5.74, 6) is 1.37. The highest BCUT2D eigenvalue weighted by Crippen LogP contribution is 2.28. The van der Waals surface area contributed by atoms with Crippen LogP contribution in [-0.2, 0) is 0 Å². The van der Waals surface area contributed by atoms with Crippen LogP contribution >= 0.6 is 12.4 Å². The summed E-state index contributed by atoms with van der Waals surface area (Å²) < 4.78 is 19.3. The van der Waals surface area contributed by atoms with Crippen LogP contribution in [0.25, 0.3) is 11.1 Å². The molecule has 0 amide bonds. The van der Waals surface area contributed by atoms with E-state index in [9.17, 15) is 4.39 Å². The number of ether oxygens (including phenoxy) is 1. The Morgan fingerprint density at radius 2 is 2.15 bits per heavy atom. The predicted molar refractivity (Wildman–Crippen MR) is 105 cm³/mol. The van der Waals surface area contributed by atoms with E-state index in [0.717, 1.165) is 18.8 Å². The van der Waals surface area contributed by atoms with Crippen molar-refractivity contribution in [2.24, 2.45) is 5.92 Å². The summed E-state index contributed by atoms with van der Waals surface area (Å²) in [5, 5.41) is 3.32. The molecule has 1 unspecified atom stereocenters. The maximum absolute atomic E-state index is 14.3. The number of hydrogen-bond acceptors (Lipinski definition) is 5. The van der Waals surface area contributed by atoms with Gasteiger partial charge in [0.05, 0.1) is 12.8 Å². The summed E-state index contributed by atoms with van der Waals surface area (Å²) in [7, 11) is 3.68. The number of rotatable bonds is 5. The van der Waals surface area contributed by atoms with Gasteiger partial charge in [0.2, 0.25) is 5.95 Å². The van der Waals surface area contributed by atoms with Crippen LogP contribution in [0.4, 0.5) is 10.3 Å². The number of halogens is 2. The number of benzene rings is 1. The smallest absolute Gasteiger partial charge is 0.222 e. The molecule has 0 spiro atoms. The lowest BCUT2D eigenvalue weighted by atomic mass is 9.99. The molecule has 2 aromatic rings. The first-order valence-electron chi connectivity index (χ1n) is 8.67. The SMILES string of the molecule is COc1ccc(-c2cnc(NCC3CCCN(C)C3)nc2C)c(F)c1.Cl. The first-order chi connectivity index (χ1) is 12.1. The number of aromatic nitrogens is 2. The minimum absolute atomic E-state index is 0. The fourth-order valence-electron chi connectivity index (χ4n) is 3.33. The van der Waals surface area contributed by atoms with E-state index in [2.05, 4.69) is 27.2 Å². The zero-order valence-corrected chi connectivity index (χ0v) is 16.3. The van der Waals surface area contributed by atoms with Crippen molar-refractivity contribution >= 4 is 18.4 Å². The van der Waals surface area contributed by atoms with Gasteiger partial charge in [0.15, 0.2) is 0 Å². The molecule has 0 bridgehead atoms. The molecule has 5 nitrogen and oxygen atoms in total. The fourth-order valence-corrected chi connectivity index (χ4v) is 3.33. The zero-order valence-electron chi connectivity index (χ0n) is 15.5. The molecule has 0 aliphatic carbocycles. The first-order valence-corrected chi connectivity index (χ1v) is 8.67. The van der Waals surface area contributed by atoms with Gasteiger partial charge in [-0.3, -0.25) is 0 Å². The van der Waals surface area contributed by atoms with E-state index in [-0.39, 0.29) is 18.2 Å². The Kier molecular flexibility index (Phi) is 7.17. The Labute approximate surface area is 160 Å². The zero-order chi connectivity index (χ0) is 17.8. The number of anilines is 1. The number of likely N-dealkylation sites (tertiary alicyclic amines) is 1. The molecule has 1 aliphatic rings. The average Bonchev–Trinajstić information content (AvgIpc) is 2.60. The summed E-state index contributed by atoms with van der Waals surface area (Å²) in [6.45, 7) is 5.01. The molecule has 0 saturated carbocycles. The van der Waals surface area contributed by atoms with E-state index in [0.29, 0.717) is 28.7 Å². The topological polar surface area (TPSA) is 50.3 Å². The van der Waals surface area contributed by atoms with E-state index >= 15 is 0 Å². The van der Waals surface area contributed by atoms with Crippen molar-refractivity contribution in [1.82, 2.24) is 14.9 Å². The van der Waals surface area contributed by atoms with E-state index < -0.39 is 0 Å².